The van der Waals surface area contributed by atoms with E-state index in [0.717, 1.165) is 10.9 Å². The molecule has 3 aromatic rings. The molecule has 0 spiro atoms. The van der Waals surface area contributed by atoms with Crippen LogP contribution in [0.2, 0.25) is 0 Å². The summed E-state index contributed by atoms with van der Waals surface area (Å²) in [6, 6.07) is 0. The van der Waals surface area contributed by atoms with Crippen molar-refractivity contribution in [3.8, 4) is 11.5 Å². The van der Waals surface area contributed by atoms with Gasteiger partial charge in [-0.15, -0.1) is 0 Å². The van der Waals surface area contributed by atoms with Crippen LogP contribution in [-0.4, -0.2) is 69.9 Å². The van der Waals surface area contributed by atoms with Crippen LogP contribution in [0.3, 0.4) is 0 Å². The summed E-state index contributed by atoms with van der Waals surface area (Å²) >= 11 is 0. The molecule has 45 heavy (non-hydrogen) atoms. The maximum atomic E-state index is 15.6. The first-order chi connectivity index (χ1) is 21.3. The summed E-state index contributed by atoms with van der Waals surface area (Å²) in [4.78, 5) is 66.4. The van der Waals surface area contributed by atoms with E-state index in [1.165, 1.54) is 4.90 Å². The molecule has 0 amide bonds. The minimum absolute atomic E-state index is 0.0584. The first-order valence-corrected chi connectivity index (χ1v) is 16.1. The van der Waals surface area contributed by atoms with Gasteiger partial charge in [-0.2, -0.15) is 0 Å². The fourth-order valence-corrected chi connectivity index (χ4v) is 6.48. The number of aromatic nitrogens is 4. The molecule has 25 heteroatoms. The van der Waals surface area contributed by atoms with E-state index in [0.29, 0.717) is 17.8 Å². The number of hydrogen-bond acceptors (Lipinski definition) is 20. The van der Waals surface area contributed by atoms with Crippen LogP contribution >= 0.6 is 16.3 Å². The van der Waals surface area contributed by atoms with Crippen molar-refractivity contribution in [1.82, 2.24) is 35.5 Å². The van der Waals surface area contributed by atoms with Crippen molar-refractivity contribution in [2.24, 2.45) is 5.73 Å². The van der Waals surface area contributed by atoms with E-state index >= 15 is 4.39 Å². The van der Waals surface area contributed by atoms with Gasteiger partial charge in [0.05, 0.1) is 0 Å². The Hall–Kier alpha value is -4.60. The van der Waals surface area contributed by atoms with Gasteiger partial charge in [-0.25, -0.2) is 0 Å². The van der Waals surface area contributed by atoms with Crippen molar-refractivity contribution in [1.29, 1.82) is 0 Å². The van der Waals surface area contributed by atoms with Gasteiger partial charge in [-0.3, -0.25) is 0 Å². The van der Waals surface area contributed by atoms with Crippen molar-refractivity contribution in [2.75, 3.05) is 24.0 Å². The molecule has 7 rings (SSSR count). The van der Waals surface area contributed by atoms with Crippen LogP contribution < -0.4 is 42.4 Å². The SMILES string of the molecule is NC1=C2NCN(c3oc4c(c3O)O[PH](O)(O)O/C=C3/OC(n5cnc6c(=O)[nH]c(N)nc65)=C(O[PH](O)(O)OC4)[C@H]3F)C2NCN1. The number of nitrogens with one attached hydrogen (secondary N) is 4. The third-order valence-electron chi connectivity index (χ3n) is 6.79. The Balaban J connectivity index is 1.28. The van der Waals surface area contributed by atoms with Crippen molar-refractivity contribution in [2.45, 2.75) is 18.9 Å². The zero-order valence-corrected chi connectivity index (χ0v) is 24.3. The van der Waals surface area contributed by atoms with Gasteiger partial charge < -0.3 is 0 Å². The Morgan fingerprint density at radius 3 is 2.73 bits per heavy atom. The number of furan rings is 1. The molecule has 1 unspecified atom stereocenters. The third kappa shape index (κ3) is 4.96. The number of nitrogen functional groups attached to an aromatic ring is 1. The summed E-state index contributed by atoms with van der Waals surface area (Å²) in [5.74, 6) is -4.45. The van der Waals surface area contributed by atoms with Crippen molar-refractivity contribution in [3.05, 3.63) is 51.7 Å². The summed E-state index contributed by atoms with van der Waals surface area (Å²) < 4.78 is 48.2. The van der Waals surface area contributed by atoms with Crippen LogP contribution in [0, 0.1) is 0 Å². The van der Waals surface area contributed by atoms with Crippen LogP contribution in [0.15, 0.2) is 44.8 Å². The Morgan fingerprint density at radius 1 is 1.13 bits per heavy atom. The summed E-state index contributed by atoms with van der Waals surface area (Å²) in [6.07, 6.45) is -1.64. The molecule has 7 heterocycles. The Morgan fingerprint density at radius 2 is 1.93 bits per heavy atom. The molecule has 4 aliphatic rings. The van der Waals surface area contributed by atoms with Crippen LogP contribution in [0.25, 0.3) is 17.0 Å². The van der Waals surface area contributed by atoms with Crippen LogP contribution in [0.5, 0.6) is 11.5 Å². The second-order valence-corrected chi connectivity index (χ2v) is 12.8. The standard InChI is InChI=1S/C20H25FN10O12P2/c21-8-6-1-38-44(34,35)42-12-7(41-18(11(12)32)30-4-26-9-14(22)24-3-25-15(9)30)2-39-45(36,37)43-13(8)19(40-6)31-5-27-10-16(31)28-20(23)29-17(10)33/h1,5,8,15,24-26,32,34-37,44-45H,2-4,22H2,(H3,23,28,29,33)/b6-1+/t8-,15?/m0/s1. The summed E-state index contributed by atoms with van der Waals surface area (Å²) in [7, 11) is -10.7. The Bertz CT molecular complexity index is 1870. The molecule has 0 radical (unpaired) electrons. The number of nitrogens with two attached hydrogens (primary N) is 2. The molecule has 0 aliphatic carbocycles. The van der Waals surface area contributed by atoms with Gasteiger partial charge in [0, 0.05) is 0 Å². The molecule has 0 saturated carbocycles. The molecular formula is C20H25FN10O12P2. The molecule has 22 nitrogen and oxygen atoms in total. The number of imidazole rings is 1. The quantitative estimate of drug-likeness (QED) is 0.127. The van der Waals surface area contributed by atoms with Crippen molar-refractivity contribution in [3.63, 3.8) is 0 Å². The predicted octanol–water partition coefficient (Wildman–Crippen LogP) is -2.26. The zero-order chi connectivity index (χ0) is 31.8. The summed E-state index contributed by atoms with van der Waals surface area (Å²) in [5.41, 5.74) is 10.9. The van der Waals surface area contributed by atoms with E-state index in [4.69, 9.17) is 38.7 Å². The number of fused-ring (bicyclic) bond motifs is 5. The molecule has 13 N–H and O–H groups in total. The number of anilines is 2. The minimum atomic E-state index is -5.38. The molecular weight excluding hydrogens is 653 g/mol. The summed E-state index contributed by atoms with van der Waals surface area (Å²) in [6.45, 7) is -0.598. The molecule has 2 atom stereocenters. The fraction of sp³-hybridized carbons (Fsp3) is 0.250. The average Bonchev–Trinajstić information content (AvgIpc) is 3.72. The molecule has 0 aromatic carbocycles. The van der Waals surface area contributed by atoms with Gasteiger partial charge in [0.25, 0.3) is 0 Å². The van der Waals surface area contributed by atoms with Crippen LogP contribution in [0.1, 0.15) is 5.76 Å². The molecule has 244 valence electrons. The average molecular weight is 678 g/mol. The third-order valence-corrected chi connectivity index (χ3v) is 8.69. The number of ether oxygens (including phenoxy) is 1. The molecule has 4 aliphatic heterocycles. The Kier molecular flexibility index (Phi) is 6.62. The van der Waals surface area contributed by atoms with Gasteiger partial charge in [-0.05, 0) is 0 Å². The van der Waals surface area contributed by atoms with Gasteiger partial charge in [0.1, 0.15) is 0 Å². The van der Waals surface area contributed by atoms with E-state index in [2.05, 4.69) is 30.9 Å². The molecule has 1 fully saturated rings. The zero-order valence-electron chi connectivity index (χ0n) is 22.3. The molecule has 3 aromatic heterocycles. The van der Waals surface area contributed by atoms with E-state index in [1.54, 1.807) is 0 Å². The van der Waals surface area contributed by atoms with Gasteiger partial charge in [0.15, 0.2) is 0 Å². The summed E-state index contributed by atoms with van der Waals surface area (Å²) in [5, 5.41) is 20.0. The van der Waals surface area contributed by atoms with Gasteiger partial charge in [-0.1, -0.05) is 0 Å². The number of aromatic amines is 1. The van der Waals surface area contributed by atoms with Crippen molar-refractivity contribution >= 4 is 45.2 Å². The van der Waals surface area contributed by atoms with E-state index in [-0.39, 0.29) is 36.3 Å². The number of halogens is 1. The number of hydrogen-bond donors (Lipinski definition) is 11. The second-order valence-electron chi connectivity index (χ2n) is 9.70. The Labute approximate surface area is 249 Å². The number of nitrogens with zero attached hydrogens (tertiary/aromatic N) is 4. The van der Waals surface area contributed by atoms with E-state index in [1.807, 2.05) is 0 Å². The van der Waals surface area contributed by atoms with E-state index in [9.17, 15) is 29.5 Å². The van der Waals surface area contributed by atoms with E-state index < -0.39 is 75.5 Å². The molecule has 2 bridgehead atoms. The van der Waals surface area contributed by atoms with Crippen LogP contribution in [0.4, 0.5) is 16.2 Å². The number of rotatable bonds is 2. The monoisotopic (exact) mass is 678 g/mol. The number of alkyl halides is 1. The topological polar surface area (TPSA) is 315 Å². The first-order valence-electron chi connectivity index (χ1n) is 12.7. The first kappa shape index (κ1) is 29.1. The van der Waals surface area contributed by atoms with Crippen molar-refractivity contribution < 1.29 is 56.3 Å². The van der Waals surface area contributed by atoms with Gasteiger partial charge >= 0.3 is 249 Å². The number of aromatic hydroxyl groups is 1. The maximum absolute atomic E-state index is 15.6. The fourth-order valence-electron chi connectivity index (χ4n) is 4.83. The van der Waals surface area contributed by atoms with Crippen LogP contribution in [-0.2, 0) is 24.9 Å². The second kappa shape index (κ2) is 10.2. The predicted molar refractivity (Wildman–Crippen MR) is 150 cm³/mol. The van der Waals surface area contributed by atoms with Gasteiger partial charge in [0.2, 0.25) is 0 Å². The molecule has 1 saturated heterocycles. The number of H-pyrrole nitrogens is 1. The normalized spacial score (nSPS) is 26.6.